The van der Waals surface area contributed by atoms with Gasteiger partial charge in [0.25, 0.3) is 0 Å². The van der Waals surface area contributed by atoms with Crippen molar-refractivity contribution < 1.29 is 28.7 Å². The van der Waals surface area contributed by atoms with E-state index in [0.717, 1.165) is 5.56 Å². The third-order valence-corrected chi connectivity index (χ3v) is 7.91. The van der Waals surface area contributed by atoms with E-state index < -0.39 is 53.4 Å². The molecule has 2 aliphatic rings. The monoisotopic (exact) mass is 620 g/mol. The van der Waals surface area contributed by atoms with Gasteiger partial charge in [0.05, 0.1) is 0 Å². The number of hydrogen-bond donors (Lipinski definition) is 5. The molecule has 1 aromatic rings. The van der Waals surface area contributed by atoms with Crippen LogP contribution in [0, 0.1) is 0 Å². The van der Waals surface area contributed by atoms with Crippen molar-refractivity contribution >= 4 is 41.3 Å². The van der Waals surface area contributed by atoms with Gasteiger partial charge in [-0.15, -0.1) is 0 Å². The summed E-state index contributed by atoms with van der Waals surface area (Å²) in [7, 11) is 0. The molecule has 0 bridgehead atoms. The summed E-state index contributed by atoms with van der Waals surface area (Å²) < 4.78 is 5.33. The maximum absolute atomic E-state index is 13.7. The van der Waals surface area contributed by atoms with Crippen molar-refractivity contribution in [2.24, 2.45) is 5.73 Å². The average molecular weight is 621 g/mol. The highest BCUT2D eigenvalue weighted by Gasteiger charge is 2.44. The minimum atomic E-state index is -1.06. The number of carbonyl (C=O) groups excluding carboxylic acids is 5. The maximum atomic E-state index is 13.7. The van der Waals surface area contributed by atoms with Crippen LogP contribution in [-0.4, -0.2) is 77.5 Å². The number of alkyl carbamates (subject to hydrolysis) is 1. The van der Waals surface area contributed by atoms with Gasteiger partial charge in [-0.25, -0.2) is 4.79 Å². The fourth-order valence-electron chi connectivity index (χ4n) is 5.30. The summed E-state index contributed by atoms with van der Waals surface area (Å²) in [6.45, 7) is 10.2. The fourth-order valence-corrected chi connectivity index (χ4v) is 5.55. The standard InChI is InChI=1S/C30H45ClN6O6/c1-17(2)18-6-7-19(21(31)14-18)15-34-26(39)22(9-11-25(32)38)35-27(40)24-10-8-20-12-13-33-16-23(28(41)37(20)24)36-29(42)43-30(3,4)5/h6-7,14,17,20,22-24,33H,8-13,15-16H2,1-5H3,(H2,32,38)(H,34,39)(H,35,40)(H,36,42)/t20-,22?,23+,24+/m1/s1. The van der Waals surface area contributed by atoms with Crippen LogP contribution < -0.4 is 27.0 Å². The lowest BCUT2D eigenvalue weighted by atomic mass is 10.0. The Bertz CT molecular complexity index is 1200. The number of primary amides is 1. The van der Waals surface area contributed by atoms with E-state index in [4.69, 9.17) is 22.1 Å². The molecule has 0 saturated carbocycles. The molecule has 238 valence electrons. The summed E-state index contributed by atoms with van der Waals surface area (Å²) in [5, 5.41) is 11.9. The van der Waals surface area contributed by atoms with Gasteiger partial charge < -0.3 is 36.6 Å². The van der Waals surface area contributed by atoms with Crippen LogP contribution >= 0.6 is 11.6 Å². The largest absolute Gasteiger partial charge is 0.444 e. The predicted molar refractivity (Wildman–Crippen MR) is 162 cm³/mol. The average Bonchev–Trinajstić information content (AvgIpc) is 3.32. The normalized spacial score (nSPS) is 21.3. The second-order valence-corrected chi connectivity index (χ2v) is 12.9. The molecule has 0 radical (unpaired) electrons. The second kappa shape index (κ2) is 14.9. The van der Waals surface area contributed by atoms with E-state index in [1.54, 1.807) is 20.8 Å². The van der Waals surface area contributed by atoms with E-state index in [9.17, 15) is 24.0 Å². The molecule has 13 heteroatoms. The molecule has 2 heterocycles. The van der Waals surface area contributed by atoms with Crippen molar-refractivity contribution in [1.82, 2.24) is 26.2 Å². The van der Waals surface area contributed by atoms with E-state index in [1.807, 2.05) is 18.2 Å². The van der Waals surface area contributed by atoms with Gasteiger partial charge in [-0.05, 0) is 76.1 Å². The quantitative estimate of drug-likeness (QED) is 0.266. The zero-order chi connectivity index (χ0) is 31.9. The molecule has 4 atom stereocenters. The number of fused-ring (bicyclic) bond motifs is 1. The number of rotatable bonds is 10. The Balaban J connectivity index is 1.72. The van der Waals surface area contributed by atoms with Gasteiger partial charge in [0.2, 0.25) is 23.6 Å². The number of amides is 5. The summed E-state index contributed by atoms with van der Waals surface area (Å²) in [5.41, 5.74) is 6.38. The molecule has 2 aliphatic heterocycles. The minimum absolute atomic E-state index is 0.0102. The van der Waals surface area contributed by atoms with Crippen LogP contribution in [0.3, 0.4) is 0 Å². The van der Waals surface area contributed by atoms with Crippen molar-refractivity contribution in [3.8, 4) is 0 Å². The Morgan fingerprint density at radius 3 is 2.51 bits per heavy atom. The van der Waals surface area contributed by atoms with Crippen LogP contribution in [0.2, 0.25) is 5.02 Å². The van der Waals surface area contributed by atoms with Crippen LogP contribution in [0.4, 0.5) is 4.79 Å². The van der Waals surface area contributed by atoms with Crippen LogP contribution in [0.25, 0.3) is 0 Å². The number of nitrogens with one attached hydrogen (secondary N) is 4. The Morgan fingerprint density at radius 2 is 1.88 bits per heavy atom. The Hall–Kier alpha value is -3.38. The Labute approximate surface area is 258 Å². The number of nitrogens with two attached hydrogens (primary N) is 1. The highest BCUT2D eigenvalue weighted by molar-refractivity contribution is 6.31. The molecule has 0 aromatic heterocycles. The SMILES string of the molecule is CC(C)c1ccc(CNC(=O)C(CCC(N)=O)NC(=O)[C@@H]2CC[C@@H]3CCNC[C@H](NC(=O)OC(C)(C)C)C(=O)N32)c(Cl)c1. The lowest BCUT2D eigenvalue weighted by molar-refractivity contribution is -0.143. The van der Waals surface area contributed by atoms with Crippen molar-refractivity contribution in [1.29, 1.82) is 0 Å². The fraction of sp³-hybridized carbons (Fsp3) is 0.633. The molecule has 12 nitrogen and oxygen atoms in total. The maximum Gasteiger partial charge on any atom is 0.408 e. The van der Waals surface area contributed by atoms with E-state index in [0.29, 0.717) is 42.3 Å². The lowest BCUT2D eigenvalue weighted by Gasteiger charge is -2.36. The lowest BCUT2D eigenvalue weighted by Crippen LogP contribution is -2.61. The number of ether oxygens (including phenoxy) is 1. The second-order valence-electron chi connectivity index (χ2n) is 12.5. The number of benzene rings is 1. The first-order valence-corrected chi connectivity index (χ1v) is 15.2. The molecular weight excluding hydrogens is 576 g/mol. The summed E-state index contributed by atoms with van der Waals surface area (Å²) in [6.07, 6.45) is 0.760. The molecule has 2 saturated heterocycles. The summed E-state index contributed by atoms with van der Waals surface area (Å²) in [4.78, 5) is 66.0. The van der Waals surface area contributed by atoms with Gasteiger partial charge in [0, 0.05) is 30.6 Å². The van der Waals surface area contributed by atoms with Crippen molar-refractivity contribution in [3.63, 3.8) is 0 Å². The Kier molecular flexibility index (Phi) is 11.8. The van der Waals surface area contributed by atoms with Gasteiger partial charge in [-0.1, -0.05) is 37.6 Å². The first-order chi connectivity index (χ1) is 20.2. The smallest absolute Gasteiger partial charge is 0.408 e. The van der Waals surface area contributed by atoms with Gasteiger partial charge in [-0.2, -0.15) is 0 Å². The van der Waals surface area contributed by atoms with Gasteiger partial charge >= 0.3 is 6.09 Å². The molecule has 1 aromatic carbocycles. The molecule has 1 unspecified atom stereocenters. The minimum Gasteiger partial charge on any atom is -0.444 e. The number of halogens is 1. The molecule has 5 amide bonds. The van der Waals surface area contributed by atoms with Gasteiger partial charge in [0.1, 0.15) is 23.7 Å². The highest BCUT2D eigenvalue weighted by atomic mass is 35.5. The van der Waals surface area contributed by atoms with E-state index in [1.165, 1.54) is 4.90 Å². The molecule has 0 spiro atoms. The summed E-state index contributed by atoms with van der Waals surface area (Å²) in [5.74, 6) is -1.73. The van der Waals surface area contributed by atoms with Crippen LogP contribution in [0.1, 0.15) is 83.8 Å². The number of carbonyl (C=O) groups is 5. The highest BCUT2D eigenvalue weighted by Crippen LogP contribution is 2.29. The van der Waals surface area contributed by atoms with Gasteiger partial charge in [-0.3, -0.25) is 19.2 Å². The number of hydrogen-bond acceptors (Lipinski definition) is 7. The molecule has 0 aliphatic carbocycles. The van der Waals surface area contributed by atoms with E-state index >= 15 is 0 Å². The third-order valence-electron chi connectivity index (χ3n) is 7.56. The topological polar surface area (TPSA) is 172 Å². The number of nitrogens with zero attached hydrogens (tertiary/aromatic N) is 1. The van der Waals surface area contributed by atoms with E-state index in [2.05, 4.69) is 35.1 Å². The zero-order valence-corrected chi connectivity index (χ0v) is 26.4. The molecule has 43 heavy (non-hydrogen) atoms. The van der Waals surface area contributed by atoms with Crippen molar-refractivity contribution in [3.05, 3.63) is 34.3 Å². The molecule has 2 fully saturated rings. The van der Waals surface area contributed by atoms with Gasteiger partial charge in [0.15, 0.2) is 0 Å². The first kappa shape index (κ1) is 34.1. The van der Waals surface area contributed by atoms with Crippen molar-refractivity contribution in [2.45, 2.75) is 109 Å². The molecule has 3 rings (SSSR count). The predicted octanol–water partition coefficient (Wildman–Crippen LogP) is 2.08. The summed E-state index contributed by atoms with van der Waals surface area (Å²) >= 11 is 6.43. The molecular formula is C30H45ClN6O6. The van der Waals surface area contributed by atoms with Crippen LogP contribution in [0.15, 0.2) is 18.2 Å². The third kappa shape index (κ3) is 9.82. The van der Waals surface area contributed by atoms with Crippen LogP contribution in [0.5, 0.6) is 0 Å². The van der Waals surface area contributed by atoms with E-state index in [-0.39, 0.29) is 32.0 Å². The first-order valence-electron chi connectivity index (χ1n) is 14.8. The van der Waals surface area contributed by atoms with Crippen molar-refractivity contribution in [2.75, 3.05) is 13.1 Å². The zero-order valence-electron chi connectivity index (χ0n) is 25.6. The summed E-state index contributed by atoms with van der Waals surface area (Å²) in [6, 6.07) is 2.59. The molecule has 6 N–H and O–H groups in total. The van der Waals surface area contributed by atoms with Crippen LogP contribution in [-0.2, 0) is 30.5 Å². The Morgan fingerprint density at radius 1 is 1.16 bits per heavy atom.